The molecule has 0 spiro atoms. The van der Waals surface area contributed by atoms with Crippen molar-refractivity contribution < 1.29 is 9.90 Å². The topological polar surface area (TPSA) is 75.3 Å². The molecule has 0 aliphatic rings. The van der Waals surface area contributed by atoms with Crippen LogP contribution >= 0.6 is 0 Å². The Labute approximate surface area is 108 Å². The first-order valence-electron chi connectivity index (χ1n) is 6.15. The van der Waals surface area contributed by atoms with Crippen LogP contribution in [0.2, 0.25) is 0 Å². The molecule has 1 rings (SSSR count). The maximum atomic E-state index is 12.2. The van der Waals surface area contributed by atoms with E-state index in [0.29, 0.717) is 12.1 Å². The number of nitrogen functional groups attached to an aromatic ring is 1. The lowest BCUT2D eigenvalue weighted by Gasteiger charge is -2.26. The number of hydrogen-bond donors (Lipinski definition) is 3. The molecule has 0 aliphatic carbocycles. The van der Waals surface area contributed by atoms with E-state index in [4.69, 9.17) is 10.8 Å². The lowest BCUT2D eigenvalue weighted by molar-refractivity contribution is -0.126. The predicted molar refractivity (Wildman–Crippen MR) is 73.2 cm³/mol. The SMILES string of the molecule is CC(CCO)NC(=O)C(C)(C)c1ccc(N)cc1. The summed E-state index contributed by atoms with van der Waals surface area (Å²) in [6, 6.07) is 7.29. The summed E-state index contributed by atoms with van der Waals surface area (Å²) in [6.45, 7) is 5.70. The second-order valence-corrected chi connectivity index (χ2v) is 5.13. The van der Waals surface area contributed by atoms with E-state index in [-0.39, 0.29) is 18.6 Å². The summed E-state index contributed by atoms with van der Waals surface area (Å²) in [5, 5.41) is 11.7. The highest BCUT2D eigenvalue weighted by atomic mass is 16.3. The van der Waals surface area contributed by atoms with E-state index >= 15 is 0 Å². The van der Waals surface area contributed by atoms with Gasteiger partial charge in [-0.15, -0.1) is 0 Å². The number of aliphatic hydroxyl groups excluding tert-OH is 1. The van der Waals surface area contributed by atoms with E-state index in [1.165, 1.54) is 0 Å². The van der Waals surface area contributed by atoms with E-state index in [1.807, 2.05) is 32.9 Å². The van der Waals surface area contributed by atoms with Crippen LogP contribution in [0.3, 0.4) is 0 Å². The molecule has 1 atom stereocenters. The third kappa shape index (κ3) is 3.47. The Bertz CT molecular complexity index is 399. The summed E-state index contributed by atoms with van der Waals surface area (Å²) in [6.07, 6.45) is 0.559. The molecule has 1 aromatic rings. The van der Waals surface area contributed by atoms with Crippen LogP contribution in [0.25, 0.3) is 0 Å². The fourth-order valence-electron chi connectivity index (χ4n) is 1.70. The summed E-state index contributed by atoms with van der Waals surface area (Å²) < 4.78 is 0. The van der Waals surface area contributed by atoms with Gasteiger partial charge in [0.2, 0.25) is 5.91 Å². The highest BCUT2D eigenvalue weighted by Gasteiger charge is 2.30. The van der Waals surface area contributed by atoms with Gasteiger partial charge in [-0.2, -0.15) is 0 Å². The Morgan fingerprint density at radius 3 is 2.44 bits per heavy atom. The number of hydrogen-bond acceptors (Lipinski definition) is 3. The number of carbonyl (C=O) groups is 1. The molecule has 1 aromatic carbocycles. The molecular weight excluding hydrogens is 228 g/mol. The van der Waals surface area contributed by atoms with Gasteiger partial charge in [0.15, 0.2) is 0 Å². The number of nitrogens with one attached hydrogen (secondary N) is 1. The molecule has 0 radical (unpaired) electrons. The van der Waals surface area contributed by atoms with Crippen molar-refractivity contribution in [3.63, 3.8) is 0 Å². The van der Waals surface area contributed by atoms with Crippen molar-refractivity contribution in [1.29, 1.82) is 0 Å². The van der Waals surface area contributed by atoms with Crippen LogP contribution in [0.1, 0.15) is 32.8 Å². The quantitative estimate of drug-likeness (QED) is 0.692. The minimum atomic E-state index is -0.614. The van der Waals surface area contributed by atoms with Crippen molar-refractivity contribution >= 4 is 11.6 Å². The van der Waals surface area contributed by atoms with Gasteiger partial charge in [0.1, 0.15) is 0 Å². The number of benzene rings is 1. The Kier molecular flexibility index (Phi) is 4.73. The van der Waals surface area contributed by atoms with Crippen LogP contribution in [-0.4, -0.2) is 23.7 Å². The molecule has 4 heteroatoms. The Morgan fingerprint density at radius 1 is 1.39 bits per heavy atom. The fourth-order valence-corrected chi connectivity index (χ4v) is 1.70. The lowest BCUT2D eigenvalue weighted by Crippen LogP contribution is -2.44. The molecule has 0 fully saturated rings. The predicted octanol–water partition coefficient (Wildman–Crippen LogP) is 1.43. The lowest BCUT2D eigenvalue weighted by atomic mass is 9.83. The summed E-state index contributed by atoms with van der Waals surface area (Å²) in [5.41, 5.74) is 6.63. The standard InChI is InChI=1S/C14H22N2O2/c1-10(8-9-17)16-13(18)14(2,3)11-4-6-12(15)7-5-11/h4-7,10,17H,8-9,15H2,1-3H3,(H,16,18). The zero-order valence-corrected chi connectivity index (χ0v) is 11.2. The number of anilines is 1. The molecule has 4 nitrogen and oxygen atoms in total. The third-order valence-electron chi connectivity index (χ3n) is 3.14. The molecular formula is C14H22N2O2. The number of nitrogens with two attached hydrogens (primary N) is 1. The van der Waals surface area contributed by atoms with Gasteiger partial charge in [0.25, 0.3) is 0 Å². The normalized spacial score (nSPS) is 13.1. The van der Waals surface area contributed by atoms with Gasteiger partial charge in [-0.1, -0.05) is 12.1 Å². The monoisotopic (exact) mass is 250 g/mol. The van der Waals surface area contributed by atoms with Crippen molar-refractivity contribution in [3.8, 4) is 0 Å². The van der Waals surface area contributed by atoms with Crippen molar-refractivity contribution in [2.75, 3.05) is 12.3 Å². The third-order valence-corrected chi connectivity index (χ3v) is 3.14. The van der Waals surface area contributed by atoms with Gasteiger partial charge in [-0.05, 0) is 44.9 Å². The van der Waals surface area contributed by atoms with E-state index in [1.54, 1.807) is 12.1 Å². The summed E-state index contributed by atoms with van der Waals surface area (Å²) >= 11 is 0. The van der Waals surface area contributed by atoms with E-state index in [9.17, 15) is 4.79 Å². The number of amides is 1. The van der Waals surface area contributed by atoms with Gasteiger partial charge in [-0.25, -0.2) is 0 Å². The first-order valence-corrected chi connectivity index (χ1v) is 6.15. The fraction of sp³-hybridized carbons (Fsp3) is 0.500. The zero-order chi connectivity index (χ0) is 13.8. The van der Waals surface area contributed by atoms with Crippen molar-refractivity contribution in [3.05, 3.63) is 29.8 Å². The van der Waals surface area contributed by atoms with E-state index in [0.717, 1.165) is 5.56 Å². The Hall–Kier alpha value is -1.55. The molecule has 1 amide bonds. The molecule has 18 heavy (non-hydrogen) atoms. The van der Waals surface area contributed by atoms with Crippen molar-refractivity contribution in [1.82, 2.24) is 5.32 Å². The second kappa shape index (κ2) is 5.87. The maximum Gasteiger partial charge on any atom is 0.230 e. The maximum absolute atomic E-state index is 12.2. The second-order valence-electron chi connectivity index (χ2n) is 5.13. The van der Waals surface area contributed by atoms with E-state index in [2.05, 4.69) is 5.32 Å². The molecule has 0 heterocycles. The molecule has 0 bridgehead atoms. The first-order chi connectivity index (χ1) is 8.37. The number of carbonyl (C=O) groups excluding carboxylic acids is 1. The van der Waals surface area contributed by atoms with Crippen LogP contribution in [0.5, 0.6) is 0 Å². The number of rotatable bonds is 5. The van der Waals surface area contributed by atoms with Crippen LogP contribution in [0.4, 0.5) is 5.69 Å². The van der Waals surface area contributed by atoms with Crippen LogP contribution in [0.15, 0.2) is 24.3 Å². The van der Waals surface area contributed by atoms with Crippen LogP contribution in [0, 0.1) is 0 Å². The van der Waals surface area contributed by atoms with Gasteiger partial charge in [-0.3, -0.25) is 4.79 Å². The highest BCUT2D eigenvalue weighted by Crippen LogP contribution is 2.24. The molecule has 0 saturated heterocycles. The van der Waals surface area contributed by atoms with Crippen LogP contribution in [-0.2, 0) is 10.2 Å². The van der Waals surface area contributed by atoms with Gasteiger partial charge >= 0.3 is 0 Å². The molecule has 0 aliphatic heterocycles. The summed E-state index contributed by atoms with van der Waals surface area (Å²) in [7, 11) is 0. The smallest absolute Gasteiger partial charge is 0.230 e. The Balaban J connectivity index is 2.79. The molecule has 100 valence electrons. The molecule has 1 unspecified atom stereocenters. The largest absolute Gasteiger partial charge is 0.399 e. The molecule has 4 N–H and O–H groups in total. The van der Waals surface area contributed by atoms with Gasteiger partial charge in [0, 0.05) is 18.3 Å². The summed E-state index contributed by atoms with van der Waals surface area (Å²) in [4.78, 5) is 12.2. The minimum Gasteiger partial charge on any atom is -0.399 e. The van der Waals surface area contributed by atoms with Crippen LogP contribution < -0.4 is 11.1 Å². The Morgan fingerprint density at radius 2 is 1.94 bits per heavy atom. The molecule has 0 aromatic heterocycles. The number of aliphatic hydroxyl groups is 1. The minimum absolute atomic E-state index is 0.0319. The van der Waals surface area contributed by atoms with Gasteiger partial charge in [0.05, 0.1) is 5.41 Å². The highest BCUT2D eigenvalue weighted by molar-refractivity contribution is 5.87. The average Bonchev–Trinajstić information content (AvgIpc) is 2.29. The first kappa shape index (κ1) is 14.5. The summed E-state index contributed by atoms with van der Waals surface area (Å²) in [5.74, 6) is -0.0479. The van der Waals surface area contributed by atoms with Gasteiger partial charge < -0.3 is 16.2 Å². The van der Waals surface area contributed by atoms with Crippen molar-refractivity contribution in [2.45, 2.75) is 38.6 Å². The zero-order valence-electron chi connectivity index (χ0n) is 11.2. The van der Waals surface area contributed by atoms with Crippen molar-refractivity contribution in [2.24, 2.45) is 0 Å². The van der Waals surface area contributed by atoms with E-state index < -0.39 is 5.41 Å². The molecule has 0 saturated carbocycles. The average molecular weight is 250 g/mol.